The van der Waals surface area contributed by atoms with Gasteiger partial charge in [-0.05, 0) is 41.1 Å². The van der Waals surface area contributed by atoms with Gasteiger partial charge in [-0.2, -0.15) is 13.2 Å². The predicted octanol–water partition coefficient (Wildman–Crippen LogP) is 5.12. The molecule has 2 nitrogen and oxygen atoms in total. The van der Waals surface area contributed by atoms with Crippen molar-refractivity contribution in [1.82, 2.24) is 0 Å². The zero-order chi connectivity index (χ0) is 16.2. The Hall–Kier alpha value is -2.82. The molecule has 0 saturated heterocycles. The van der Waals surface area contributed by atoms with Gasteiger partial charge in [-0.1, -0.05) is 24.3 Å². The van der Waals surface area contributed by atoms with Crippen LogP contribution >= 0.6 is 0 Å². The van der Waals surface area contributed by atoms with Crippen LogP contribution in [-0.2, 0) is 6.18 Å². The quantitative estimate of drug-likeness (QED) is 0.333. The van der Waals surface area contributed by atoms with E-state index in [2.05, 4.69) is 0 Å². The Morgan fingerprint density at radius 1 is 0.826 bits per heavy atom. The van der Waals surface area contributed by atoms with Crippen LogP contribution in [0.2, 0.25) is 0 Å². The first-order valence-electron chi connectivity index (χ1n) is 6.91. The van der Waals surface area contributed by atoms with Gasteiger partial charge in [0.15, 0.2) is 0 Å². The average molecular weight is 314 g/mol. The highest BCUT2D eigenvalue weighted by atomic mass is 19.4. The molecule has 0 radical (unpaired) electrons. The smallest absolute Gasteiger partial charge is 0.416 e. The van der Waals surface area contributed by atoms with Crippen molar-refractivity contribution in [2.45, 2.75) is 6.18 Å². The number of fused-ring (bicyclic) bond motifs is 4. The Kier molecular flexibility index (Phi) is 2.75. The highest BCUT2D eigenvalue weighted by Crippen LogP contribution is 2.33. The van der Waals surface area contributed by atoms with Crippen molar-refractivity contribution in [3.05, 3.63) is 70.4 Å². The second-order valence-corrected chi connectivity index (χ2v) is 5.30. The second kappa shape index (κ2) is 4.59. The monoisotopic (exact) mass is 314 g/mol. The Morgan fingerprint density at radius 3 is 2.35 bits per heavy atom. The zero-order valence-corrected chi connectivity index (χ0v) is 11.6. The van der Waals surface area contributed by atoms with Crippen LogP contribution in [0.1, 0.15) is 5.56 Å². The van der Waals surface area contributed by atoms with E-state index in [1.54, 1.807) is 36.4 Å². The van der Waals surface area contributed by atoms with Gasteiger partial charge in [-0.15, -0.1) is 0 Å². The molecule has 3 aromatic carbocycles. The van der Waals surface area contributed by atoms with Crippen LogP contribution in [0.4, 0.5) is 13.2 Å². The van der Waals surface area contributed by atoms with Crippen LogP contribution in [0, 0.1) is 0 Å². The standard InChI is InChI=1S/C18H9F3O2/c19-18(20,21)11-7-5-10-6-8-15-16(13(10)9-11)17(22)12-3-1-2-4-14(12)23-15/h1-9H. The number of hydrogen-bond donors (Lipinski definition) is 0. The van der Waals surface area contributed by atoms with Gasteiger partial charge >= 0.3 is 6.18 Å². The van der Waals surface area contributed by atoms with Crippen molar-refractivity contribution < 1.29 is 17.6 Å². The van der Waals surface area contributed by atoms with Gasteiger partial charge in [0, 0.05) is 0 Å². The Labute approximate surface area is 127 Å². The lowest BCUT2D eigenvalue weighted by Gasteiger charge is -2.09. The highest BCUT2D eigenvalue weighted by molar-refractivity contribution is 6.08. The fourth-order valence-electron chi connectivity index (χ4n) is 2.79. The van der Waals surface area contributed by atoms with Crippen molar-refractivity contribution in [1.29, 1.82) is 0 Å². The Morgan fingerprint density at radius 2 is 1.57 bits per heavy atom. The molecule has 0 atom stereocenters. The molecule has 0 fully saturated rings. The number of alkyl halides is 3. The first kappa shape index (κ1) is 13.8. The third kappa shape index (κ3) is 2.08. The van der Waals surface area contributed by atoms with Crippen molar-refractivity contribution in [2.24, 2.45) is 0 Å². The Bertz CT molecular complexity index is 1120. The molecule has 1 heterocycles. The number of benzene rings is 3. The number of halogens is 3. The van der Waals surface area contributed by atoms with Crippen molar-refractivity contribution in [2.75, 3.05) is 0 Å². The van der Waals surface area contributed by atoms with E-state index in [0.29, 0.717) is 16.4 Å². The number of hydrogen-bond acceptors (Lipinski definition) is 2. The molecule has 0 N–H and O–H groups in total. The summed E-state index contributed by atoms with van der Waals surface area (Å²) in [5.41, 5.74) is -0.423. The third-order valence-corrected chi connectivity index (χ3v) is 3.89. The largest absolute Gasteiger partial charge is 0.456 e. The number of rotatable bonds is 0. The molecular weight excluding hydrogens is 305 g/mol. The molecule has 1 aromatic heterocycles. The molecule has 23 heavy (non-hydrogen) atoms. The van der Waals surface area contributed by atoms with E-state index in [1.807, 2.05) is 0 Å². The van der Waals surface area contributed by atoms with Crippen LogP contribution in [-0.4, -0.2) is 0 Å². The fourth-order valence-corrected chi connectivity index (χ4v) is 2.79. The van der Waals surface area contributed by atoms with Crippen LogP contribution < -0.4 is 5.43 Å². The first-order valence-corrected chi connectivity index (χ1v) is 6.91. The first-order chi connectivity index (χ1) is 10.9. The number of para-hydroxylation sites is 1. The summed E-state index contributed by atoms with van der Waals surface area (Å²) in [7, 11) is 0. The molecule has 4 rings (SSSR count). The molecule has 0 spiro atoms. The van der Waals surface area contributed by atoms with Gasteiger partial charge in [-0.3, -0.25) is 4.79 Å². The molecule has 4 aromatic rings. The lowest BCUT2D eigenvalue weighted by Crippen LogP contribution is -2.06. The molecule has 0 aliphatic heterocycles. The maximum absolute atomic E-state index is 13.0. The van der Waals surface area contributed by atoms with Crippen LogP contribution in [0.15, 0.2) is 63.8 Å². The molecule has 0 aliphatic rings. The SMILES string of the molecule is O=c1c2ccccc2oc2ccc3ccc(C(F)(F)F)cc3c12. The Balaban J connectivity index is 2.22. The van der Waals surface area contributed by atoms with Gasteiger partial charge in [-0.25, -0.2) is 0 Å². The molecule has 5 heteroatoms. The maximum Gasteiger partial charge on any atom is 0.416 e. The summed E-state index contributed by atoms with van der Waals surface area (Å²) < 4.78 is 44.6. The summed E-state index contributed by atoms with van der Waals surface area (Å²) in [6.45, 7) is 0. The van der Waals surface area contributed by atoms with Gasteiger partial charge in [0.2, 0.25) is 5.43 Å². The van der Waals surface area contributed by atoms with Crippen LogP contribution in [0.5, 0.6) is 0 Å². The van der Waals surface area contributed by atoms with E-state index in [1.165, 1.54) is 6.07 Å². The fraction of sp³-hybridized carbons (Fsp3) is 0.0556. The summed E-state index contributed by atoms with van der Waals surface area (Å²) in [6.07, 6.45) is -4.46. The average Bonchev–Trinajstić information content (AvgIpc) is 2.53. The van der Waals surface area contributed by atoms with Gasteiger partial charge in [0.05, 0.1) is 16.3 Å². The van der Waals surface area contributed by atoms with Gasteiger partial charge in [0.1, 0.15) is 11.2 Å². The topological polar surface area (TPSA) is 30.2 Å². The lowest BCUT2D eigenvalue weighted by molar-refractivity contribution is -0.137. The summed E-state index contributed by atoms with van der Waals surface area (Å²) in [5.74, 6) is 0. The molecule has 0 amide bonds. The van der Waals surface area contributed by atoms with E-state index in [0.717, 1.165) is 12.1 Å². The van der Waals surface area contributed by atoms with E-state index in [9.17, 15) is 18.0 Å². The third-order valence-electron chi connectivity index (χ3n) is 3.89. The minimum absolute atomic E-state index is 0.173. The summed E-state index contributed by atoms with van der Waals surface area (Å²) in [4.78, 5) is 12.7. The highest BCUT2D eigenvalue weighted by Gasteiger charge is 2.30. The van der Waals surface area contributed by atoms with E-state index >= 15 is 0 Å². The van der Waals surface area contributed by atoms with Crippen molar-refractivity contribution >= 4 is 32.7 Å². The molecule has 0 bridgehead atoms. The lowest BCUT2D eigenvalue weighted by atomic mass is 10.0. The van der Waals surface area contributed by atoms with Crippen LogP contribution in [0.25, 0.3) is 32.7 Å². The van der Waals surface area contributed by atoms with Gasteiger partial charge < -0.3 is 4.42 Å². The minimum atomic E-state index is -4.46. The summed E-state index contributed by atoms with van der Waals surface area (Å²) >= 11 is 0. The van der Waals surface area contributed by atoms with E-state index < -0.39 is 11.7 Å². The molecule has 0 unspecified atom stereocenters. The molecule has 0 saturated carbocycles. The molecule has 114 valence electrons. The maximum atomic E-state index is 13.0. The van der Waals surface area contributed by atoms with Gasteiger partial charge in [0.25, 0.3) is 0 Å². The molecular formula is C18H9F3O2. The predicted molar refractivity (Wildman–Crippen MR) is 82.5 cm³/mol. The normalized spacial score (nSPS) is 12.3. The van der Waals surface area contributed by atoms with Crippen molar-refractivity contribution in [3.63, 3.8) is 0 Å². The van der Waals surface area contributed by atoms with Crippen LogP contribution in [0.3, 0.4) is 0 Å². The summed E-state index contributed by atoms with van der Waals surface area (Å²) in [6, 6.07) is 13.3. The second-order valence-electron chi connectivity index (χ2n) is 5.30. The molecule has 0 aliphatic carbocycles. The summed E-state index contributed by atoms with van der Waals surface area (Å²) in [5, 5.41) is 1.34. The van der Waals surface area contributed by atoms with E-state index in [4.69, 9.17) is 4.42 Å². The zero-order valence-electron chi connectivity index (χ0n) is 11.6. The minimum Gasteiger partial charge on any atom is -0.456 e. The van der Waals surface area contributed by atoms with Crippen molar-refractivity contribution in [3.8, 4) is 0 Å². The van der Waals surface area contributed by atoms with E-state index in [-0.39, 0.29) is 21.8 Å².